The van der Waals surface area contributed by atoms with Crippen molar-refractivity contribution in [3.05, 3.63) is 0 Å². The number of aliphatic hydroxyl groups is 2. The van der Waals surface area contributed by atoms with E-state index in [-0.39, 0.29) is 30.5 Å². The lowest BCUT2D eigenvalue weighted by Crippen LogP contribution is -2.58. The molecule has 3 heterocycles. The molecule has 4 aliphatic rings. The van der Waals surface area contributed by atoms with E-state index < -0.39 is 18.2 Å². The van der Waals surface area contributed by atoms with Crippen LogP contribution < -0.4 is 0 Å². The number of ether oxygens (including phenoxy) is 4. The molecule has 6 heteroatoms. The van der Waals surface area contributed by atoms with Crippen molar-refractivity contribution >= 4 is 0 Å². The Morgan fingerprint density at radius 2 is 2.00 bits per heavy atom. The van der Waals surface area contributed by atoms with Gasteiger partial charge in [-0.05, 0) is 12.3 Å². The topological polar surface area (TPSA) is 77.4 Å². The summed E-state index contributed by atoms with van der Waals surface area (Å²) in [5, 5.41) is 19.7. The molecule has 0 aromatic rings. The van der Waals surface area contributed by atoms with Gasteiger partial charge in [-0.3, -0.25) is 0 Å². The zero-order valence-electron chi connectivity index (χ0n) is 10.0. The molecule has 3 aliphatic heterocycles. The molecule has 1 saturated carbocycles. The van der Waals surface area contributed by atoms with Gasteiger partial charge in [-0.15, -0.1) is 0 Å². The Hall–Kier alpha value is -0.240. The summed E-state index contributed by atoms with van der Waals surface area (Å²) in [6.45, 7) is 1.47. The highest BCUT2D eigenvalue weighted by Crippen LogP contribution is 2.56. The molecule has 0 aromatic carbocycles. The van der Waals surface area contributed by atoms with Crippen LogP contribution in [-0.4, -0.2) is 60.9 Å². The Balaban J connectivity index is 1.76. The summed E-state index contributed by atoms with van der Waals surface area (Å²) in [6.07, 6.45) is -0.432. The molecule has 4 fully saturated rings. The number of hydrogen-bond acceptors (Lipinski definition) is 6. The molecule has 0 unspecified atom stereocenters. The van der Waals surface area contributed by atoms with Crippen LogP contribution in [0.1, 0.15) is 6.42 Å². The first-order valence-corrected chi connectivity index (χ1v) is 6.60. The van der Waals surface area contributed by atoms with Crippen LogP contribution in [0.15, 0.2) is 0 Å². The molecular weight excluding hydrogens is 240 g/mol. The van der Waals surface area contributed by atoms with Gasteiger partial charge in [0, 0.05) is 18.4 Å². The number of hydrogen-bond donors (Lipinski definition) is 2. The van der Waals surface area contributed by atoms with Gasteiger partial charge in [0.2, 0.25) is 12.1 Å². The summed E-state index contributed by atoms with van der Waals surface area (Å²) in [5.74, 6) is -1.06. The van der Waals surface area contributed by atoms with Crippen molar-refractivity contribution in [3.63, 3.8) is 0 Å². The fourth-order valence-corrected chi connectivity index (χ4v) is 4.16. The zero-order chi connectivity index (χ0) is 12.3. The van der Waals surface area contributed by atoms with Gasteiger partial charge in [-0.2, -0.15) is 0 Å². The highest BCUT2D eigenvalue weighted by atomic mass is 16.8. The number of fused-ring (bicyclic) bond motifs is 6. The summed E-state index contributed by atoms with van der Waals surface area (Å²) >= 11 is 0. The number of rotatable bonds is 1. The predicted molar refractivity (Wildman–Crippen MR) is 57.4 cm³/mol. The standard InChI is InChI=1S/C12H18O6/c13-4-7-8(14)3-6-9-5-15-11(18-9)12(10(6)7)16-1-2-17-12/h6-11,13-14H,1-5H2/t6-,7+,8-,9-,10+,11-/m1/s1. The van der Waals surface area contributed by atoms with Crippen molar-refractivity contribution in [2.45, 2.75) is 30.7 Å². The van der Waals surface area contributed by atoms with Gasteiger partial charge in [0.25, 0.3) is 0 Å². The predicted octanol–water partition coefficient (Wildman–Crippen LogP) is -0.910. The minimum Gasteiger partial charge on any atom is -0.396 e. The first-order chi connectivity index (χ1) is 8.76. The van der Waals surface area contributed by atoms with Crippen LogP contribution in [0.2, 0.25) is 0 Å². The lowest BCUT2D eigenvalue weighted by Gasteiger charge is -2.45. The summed E-state index contributed by atoms with van der Waals surface area (Å²) in [4.78, 5) is 0. The molecule has 1 spiro atoms. The fraction of sp³-hybridized carbons (Fsp3) is 1.00. The van der Waals surface area contributed by atoms with E-state index in [0.717, 1.165) is 0 Å². The molecule has 0 radical (unpaired) electrons. The van der Waals surface area contributed by atoms with Crippen LogP contribution in [0.4, 0.5) is 0 Å². The van der Waals surface area contributed by atoms with Crippen molar-refractivity contribution in [2.75, 3.05) is 26.4 Å². The lowest BCUT2D eigenvalue weighted by molar-refractivity contribution is -0.342. The van der Waals surface area contributed by atoms with Crippen LogP contribution in [0, 0.1) is 17.8 Å². The second-order valence-corrected chi connectivity index (χ2v) is 5.60. The average Bonchev–Trinajstić information content (AvgIpc) is 3.02. The molecule has 6 atom stereocenters. The first kappa shape index (κ1) is 11.6. The van der Waals surface area contributed by atoms with Crippen molar-refractivity contribution in [3.8, 4) is 0 Å². The van der Waals surface area contributed by atoms with Gasteiger partial charge < -0.3 is 29.2 Å². The van der Waals surface area contributed by atoms with Crippen LogP contribution in [0.5, 0.6) is 0 Å². The van der Waals surface area contributed by atoms with Crippen LogP contribution in [0.25, 0.3) is 0 Å². The van der Waals surface area contributed by atoms with E-state index in [1.54, 1.807) is 0 Å². The Kier molecular flexibility index (Phi) is 2.49. The summed E-state index contributed by atoms with van der Waals surface area (Å²) in [5.41, 5.74) is 0. The first-order valence-electron chi connectivity index (χ1n) is 6.60. The van der Waals surface area contributed by atoms with Crippen LogP contribution >= 0.6 is 0 Å². The quantitative estimate of drug-likeness (QED) is 0.634. The van der Waals surface area contributed by atoms with Gasteiger partial charge in [-0.25, -0.2) is 0 Å². The molecule has 18 heavy (non-hydrogen) atoms. The van der Waals surface area contributed by atoms with Crippen LogP contribution in [0.3, 0.4) is 0 Å². The Labute approximate surface area is 105 Å². The molecule has 4 rings (SSSR count). The third-order valence-corrected chi connectivity index (χ3v) is 4.86. The van der Waals surface area contributed by atoms with Gasteiger partial charge in [-0.1, -0.05) is 0 Å². The lowest BCUT2D eigenvalue weighted by atomic mass is 9.78. The molecule has 6 nitrogen and oxygen atoms in total. The molecule has 2 bridgehead atoms. The van der Waals surface area contributed by atoms with E-state index in [2.05, 4.69) is 0 Å². The minimum atomic E-state index is -0.928. The van der Waals surface area contributed by atoms with Gasteiger partial charge in [0.05, 0.1) is 32.0 Å². The second-order valence-electron chi connectivity index (χ2n) is 5.60. The maximum atomic E-state index is 10.1. The van der Waals surface area contributed by atoms with Crippen molar-refractivity contribution in [1.82, 2.24) is 0 Å². The SMILES string of the molecule is OC[C@@H]1[C@@H]2[C@H](C[C@H]1O)[C@H]1CO[C@H](O1)C21OCCO1. The third-order valence-electron chi connectivity index (χ3n) is 4.86. The average molecular weight is 258 g/mol. The van der Waals surface area contributed by atoms with E-state index in [4.69, 9.17) is 18.9 Å². The molecule has 2 N–H and O–H groups in total. The monoisotopic (exact) mass is 258 g/mol. The molecule has 102 valence electrons. The van der Waals surface area contributed by atoms with E-state index in [9.17, 15) is 10.2 Å². The summed E-state index contributed by atoms with van der Waals surface area (Å²) < 4.78 is 23.1. The van der Waals surface area contributed by atoms with Crippen molar-refractivity contribution in [2.24, 2.45) is 17.8 Å². The van der Waals surface area contributed by atoms with E-state index >= 15 is 0 Å². The van der Waals surface area contributed by atoms with E-state index in [0.29, 0.717) is 26.2 Å². The van der Waals surface area contributed by atoms with E-state index in [1.807, 2.05) is 0 Å². The number of aliphatic hydroxyl groups excluding tert-OH is 2. The van der Waals surface area contributed by atoms with E-state index in [1.165, 1.54) is 0 Å². The summed E-state index contributed by atoms with van der Waals surface area (Å²) in [6, 6.07) is 0. The molecule has 3 saturated heterocycles. The molecular formula is C12H18O6. The largest absolute Gasteiger partial charge is 0.396 e. The zero-order valence-corrected chi connectivity index (χ0v) is 10.0. The van der Waals surface area contributed by atoms with Gasteiger partial charge in [0.1, 0.15) is 0 Å². The molecule has 1 aliphatic carbocycles. The maximum Gasteiger partial charge on any atom is 0.224 e. The minimum absolute atomic E-state index is 0.00961. The highest BCUT2D eigenvalue weighted by molar-refractivity contribution is 5.08. The normalized spacial score (nSPS) is 53.0. The smallest absolute Gasteiger partial charge is 0.224 e. The summed E-state index contributed by atoms with van der Waals surface area (Å²) in [7, 11) is 0. The molecule has 0 aromatic heterocycles. The Morgan fingerprint density at radius 3 is 2.72 bits per heavy atom. The Bertz CT molecular complexity index is 341. The van der Waals surface area contributed by atoms with Crippen molar-refractivity contribution in [1.29, 1.82) is 0 Å². The van der Waals surface area contributed by atoms with Crippen LogP contribution in [-0.2, 0) is 18.9 Å². The molecule has 0 amide bonds. The van der Waals surface area contributed by atoms with Gasteiger partial charge >= 0.3 is 0 Å². The third kappa shape index (κ3) is 1.28. The van der Waals surface area contributed by atoms with Gasteiger partial charge in [0.15, 0.2) is 0 Å². The maximum absolute atomic E-state index is 10.1. The highest BCUT2D eigenvalue weighted by Gasteiger charge is 2.68. The Morgan fingerprint density at radius 1 is 1.22 bits per heavy atom. The fourth-order valence-electron chi connectivity index (χ4n) is 4.16. The van der Waals surface area contributed by atoms with Crippen molar-refractivity contribution < 1.29 is 29.2 Å². The second kappa shape index (κ2) is 3.88.